The molecule has 0 radical (unpaired) electrons. The van der Waals surface area contributed by atoms with E-state index in [1.807, 2.05) is 13.0 Å². The predicted molar refractivity (Wildman–Crippen MR) is 83.0 cm³/mol. The molecular formula is C19H15F3O. The third-order valence-corrected chi connectivity index (χ3v) is 3.51. The number of rotatable bonds is 4. The summed E-state index contributed by atoms with van der Waals surface area (Å²) in [6.45, 7) is 1.88. The van der Waals surface area contributed by atoms with Gasteiger partial charge in [-0.2, -0.15) is 13.2 Å². The van der Waals surface area contributed by atoms with Crippen molar-refractivity contribution in [1.29, 1.82) is 0 Å². The van der Waals surface area contributed by atoms with Crippen LogP contribution in [0.25, 0.3) is 0 Å². The highest BCUT2D eigenvalue weighted by Crippen LogP contribution is 2.29. The molecular weight excluding hydrogens is 301 g/mol. The Morgan fingerprint density at radius 2 is 1.74 bits per heavy atom. The molecule has 2 rings (SSSR count). The fourth-order valence-electron chi connectivity index (χ4n) is 2.31. The zero-order valence-electron chi connectivity index (χ0n) is 12.6. The highest BCUT2D eigenvalue weighted by atomic mass is 19.4. The van der Waals surface area contributed by atoms with Crippen molar-refractivity contribution in [2.75, 3.05) is 0 Å². The molecule has 0 atom stereocenters. The Kier molecular flexibility index (Phi) is 4.90. The second kappa shape index (κ2) is 6.70. The van der Waals surface area contributed by atoms with Gasteiger partial charge in [0.2, 0.25) is 0 Å². The standard InChI is InChI=1S/C19H15F3O/c1-3-16-9-15(8-7-13(16)2)12-18(23)11-14-5-4-6-17(10-14)19(20,21)22/h1,4-10H,11-12H2,2H3. The number of carbonyl (C=O) groups excluding carboxylic acids is 1. The van der Waals surface area contributed by atoms with E-state index in [1.165, 1.54) is 12.1 Å². The number of aryl methyl sites for hydroxylation is 1. The first-order valence-corrected chi connectivity index (χ1v) is 7.03. The van der Waals surface area contributed by atoms with Crippen molar-refractivity contribution in [3.05, 3.63) is 70.3 Å². The van der Waals surface area contributed by atoms with Crippen molar-refractivity contribution in [1.82, 2.24) is 0 Å². The maximum Gasteiger partial charge on any atom is 0.416 e. The van der Waals surface area contributed by atoms with Gasteiger partial charge in [0.1, 0.15) is 5.78 Å². The summed E-state index contributed by atoms with van der Waals surface area (Å²) in [7, 11) is 0. The quantitative estimate of drug-likeness (QED) is 0.767. The van der Waals surface area contributed by atoms with Crippen LogP contribution < -0.4 is 0 Å². The minimum Gasteiger partial charge on any atom is -0.299 e. The number of terminal acetylenes is 1. The van der Waals surface area contributed by atoms with E-state index in [0.29, 0.717) is 5.56 Å². The molecule has 0 aliphatic heterocycles. The molecule has 0 amide bonds. The lowest BCUT2D eigenvalue weighted by molar-refractivity contribution is -0.137. The summed E-state index contributed by atoms with van der Waals surface area (Å²) < 4.78 is 38.0. The number of Topliss-reactive ketones (excluding diaryl/α,β-unsaturated/α-hetero) is 1. The molecule has 0 spiro atoms. The Morgan fingerprint density at radius 1 is 1.09 bits per heavy atom. The first-order chi connectivity index (χ1) is 10.8. The summed E-state index contributed by atoms with van der Waals surface area (Å²) in [6, 6.07) is 10.2. The van der Waals surface area contributed by atoms with Gasteiger partial charge in [0, 0.05) is 18.4 Å². The van der Waals surface area contributed by atoms with Crippen molar-refractivity contribution >= 4 is 5.78 Å². The minimum absolute atomic E-state index is 0.0385. The molecule has 0 unspecified atom stereocenters. The average Bonchev–Trinajstić information content (AvgIpc) is 2.48. The first kappa shape index (κ1) is 16.8. The van der Waals surface area contributed by atoms with E-state index in [0.717, 1.165) is 28.8 Å². The summed E-state index contributed by atoms with van der Waals surface area (Å²) in [5.41, 5.74) is 2.04. The number of hydrogen-bond acceptors (Lipinski definition) is 1. The van der Waals surface area contributed by atoms with E-state index in [2.05, 4.69) is 5.92 Å². The summed E-state index contributed by atoms with van der Waals surface area (Å²) in [5, 5.41) is 0. The van der Waals surface area contributed by atoms with Crippen LogP contribution in [0.5, 0.6) is 0 Å². The predicted octanol–water partition coefficient (Wildman–Crippen LogP) is 4.35. The Morgan fingerprint density at radius 3 is 2.35 bits per heavy atom. The van der Waals surface area contributed by atoms with Crippen LogP contribution in [0.4, 0.5) is 13.2 Å². The van der Waals surface area contributed by atoms with Crippen LogP contribution in [0.3, 0.4) is 0 Å². The maximum absolute atomic E-state index is 12.7. The molecule has 0 aromatic heterocycles. The zero-order valence-corrected chi connectivity index (χ0v) is 12.6. The normalized spacial score (nSPS) is 11.1. The monoisotopic (exact) mass is 316 g/mol. The molecule has 0 saturated carbocycles. The van der Waals surface area contributed by atoms with Crippen LogP contribution in [0.1, 0.15) is 27.8 Å². The van der Waals surface area contributed by atoms with Crippen molar-refractivity contribution in [2.24, 2.45) is 0 Å². The van der Waals surface area contributed by atoms with Gasteiger partial charge in [0.25, 0.3) is 0 Å². The van der Waals surface area contributed by atoms with Gasteiger partial charge < -0.3 is 0 Å². The van der Waals surface area contributed by atoms with Gasteiger partial charge in [-0.25, -0.2) is 0 Å². The Bertz CT molecular complexity index is 767. The van der Waals surface area contributed by atoms with Crippen molar-refractivity contribution in [2.45, 2.75) is 25.9 Å². The van der Waals surface area contributed by atoms with Gasteiger partial charge in [0.05, 0.1) is 5.56 Å². The number of ketones is 1. The van der Waals surface area contributed by atoms with E-state index in [9.17, 15) is 18.0 Å². The van der Waals surface area contributed by atoms with Crippen LogP contribution in [-0.4, -0.2) is 5.78 Å². The van der Waals surface area contributed by atoms with Gasteiger partial charge in [0.15, 0.2) is 0 Å². The van der Waals surface area contributed by atoms with Gasteiger partial charge in [-0.3, -0.25) is 4.79 Å². The number of carbonyl (C=O) groups is 1. The van der Waals surface area contributed by atoms with Crippen LogP contribution >= 0.6 is 0 Å². The lowest BCUT2D eigenvalue weighted by atomic mass is 9.98. The maximum atomic E-state index is 12.7. The highest BCUT2D eigenvalue weighted by Gasteiger charge is 2.30. The summed E-state index contributed by atoms with van der Waals surface area (Å²) in [4.78, 5) is 12.1. The number of hydrogen-bond donors (Lipinski definition) is 0. The van der Waals surface area contributed by atoms with E-state index < -0.39 is 11.7 Å². The summed E-state index contributed by atoms with van der Waals surface area (Å²) in [5.74, 6) is 2.39. The molecule has 0 saturated heterocycles. The van der Waals surface area contributed by atoms with Crippen LogP contribution in [-0.2, 0) is 23.8 Å². The average molecular weight is 316 g/mol. The molecule has 0 bridgehead atoms. The Balaban J connectivity index is 2.10. The minimum atomic E-state index is -4.41. The highest BCUT2D eigenvalue weighted by molar-refractivity contribution is 5.83. The smallest absolute Gasteiger partial charge is 0.299 e. The van der Waals surface area contributed by atoms with Gasteiger partial charge in [-0.15, -0.1) is 6.42 Å². The van der Waals surface area contributed by atoms with E-state index >= 15 is 0 Å². The van der Waals surface area contributed by atoms with E-state index in [4.69, 9.17) is 6.42 Å². The number of halogens is 3. The molecule has 118 valence electrons. The Hall–Kier alpha value is -2.54. The zero-order chi connectivity index (χ0) is 17.0. The molecule has 23 heavy (non-hydrogen) atoms. The number of alkyl halides is 3. The largest absolute Gasteiger partial charge is 0.416 e. The molecule has 2 aromatic carbocycles. The third-order valence-electron chi connectivity index (χ3n) is 3.51. The lowest BCUT2D eigenvalue weighted by Gasteiger charge is -2.09. The molecule has 0 aliphatic rings. The van der Waals surface area contributed by atoms with Gasteiger partial charge in [-0.05, 0) is 35.7 Å². The third kappa shape index (κ3) is 4.46. The van der Waals surface area contributed by atoms with Crippen LogP contribution in [0.15, 0.2) is 42.5 Å². The van der Waals surface area contributed by atoms with E-state index in [1.54, 1.807) is 12.1 Å². The molecule has 0 fully saturated rings. The van der Waals surface area contributed by atoms with Crippen molar-refractivity contribution < 1.29 is 18.0 Å². The lowest BCUT2D eigenvalue weighted by Crippen LogP contribution is -2.09. The second-order valence-electron chi connectivity index (χ2n) is 5.38. The fourth-order valence-corrected chi connectivity index (χ4v) is 2.31. The topological polar surface area (TPSA) is 17.1 Å². The van der Waals surface area contributed by atoms with Crippen LogP contribution in [0.2, 0.25) is 0 Å². The summed E-state index contributed by atoms with van der Waals surface area (Å²) in [6.07, 6.45) is 1.09. The van der Waals surface area contributed by atoms with Crippen LogP contribution in [0, 0.1) is 19.3 Å². The van der Waals surface area contributed by atoms with Crippen molar-refractivity contribution in [3.63, 3.8) is 0 Å². The Labute approximate surface area is 133 Å². The first-order valence-electron chi connectivity index (χ1n) is 7.03. The van der Waals surface area contributed by atoms with E-state index in [-0.39, 0.29) is 18.6 Å². The van der Waals surface area contributed by atoms with Gasteiger partial charge in [-0.1, -0.05) is 36.3 Å². The molecule has 1 nitrogen and oxygen atoms in total. The second-order valence-corrected chi connectivity index (χ2v) is 5.38. The molecule has 0 N–H and O–H groups in total. The molecule has 0 heterocycles. The van der Waals surface area contributed by atoms with Gasteiger partial charge >= 0.3 is 6.18 Å². The molecule has 0 aliphatic carbocycles. The summed E-state index contributed by atoms with van der Waals surface area (Å²) >= 11 is 0. The SMILES string of the molecule is C#Cc1cc(CC(=O)Cc2cccc(C(F)(F)F)c2)ccc1C. The number of benzene rings is 2. The molecule has 4 heteroatoms. The van der Waals surface area contributed by atoms with Crippen molar-refractivity contribution in [3.8, 4) is 12.3 Å². The fraction of sp³-hybridized carbons (Fsp3) is 0.211. The molecule has 2 aromatic rings.